The summed E-state index contributed by atoms with van der Waals surface area (Å²) in [5, 5.41) is 0. The monoisotopic (exact) mass is 255 g/mol. The van der Waals surface area contributed by atoms with Crippen molar-refractivity contribution in [2.45, 2.75) is 26.0 Å². The summed E-state index contributed by atoms with van der Waals surface area (Å²) in [6.45, 7) is -2.32. The number of nitrogens with zero attached hydrogens (tertiary/aromatic N) is 1. The number of alkyl halides is 2. The number of hydrogen-bond donors (Lipinski definition) is 0. The van der Waals surface area contributed by atoms with Crippen LogP contribution in [0, 0.1) is 5.92 Å². The van der Waals surface area contributed by atoms with E-state index in [1.54, 1.807) is 24.1 Å². The first-order valence-electron chi connectivity index (χ1n) is 5.85. The molecule has 18 heavy (non-hydrogen) atoms. The Morgan fingerprint density at radius 1 is 1.39 bits per heavy atom. The van der Waals surface area contributed by atoms with Crippen LogP contribution < -0.4 is 4.74 Å². The highest BCUT2D eigenvalue weighted by atomic mass is 19.3. The van der Waals surface area contributed by atoms with Gasteiger partial charge in [-0.25, -0.2) is 0 Å². The molecule has 0 spiro atoms. The molecule has 1 aromatic rings. The van der Waals surface area contributed by atoms with Gasteiger partial charge in [-0.1, -0.05) is 12.1 Å². The lowest BCUT2D eigenvalue weighted by Crippen LogP contribution is -2.27. The highest BCUT2D eigenvalue weighted by Gasteiger charge is 2.31. The zero-order valence-electron chi connectivity index (χ0n) is 10.1. The third kappa shape index (κ3) is 3.42. The van der Waals surface area contributed by atoms with Crippen molar-refractivity contribution in [2.75, 3.05) is 7.05 Å². The summed E-state index contributed by atoms with van der Waals surface area (Å²) in [5.74, 6) is 0.476. The molecule has 1 saturated carbocycles. The summed E-state index contributed by atoms with van der Waals surface area (Å²) >= 11 is 0. The maximum absolute atomic E-state index is 12.0. The van der Waals surface area contributed by atoms with E-state index in [0.717, 1.165) is 18.4 Å². The van der Waals surface area contributed by atoms with E-state index in [1.165, 1.54) is 12.1 Å². The quantitative estimate of drug-likeness (QED) is 0.809. The van der Waals surface area contributed by atoms with Gasteiger partial charge in [0.2, 0.25) is 5.91 Å². The lowest BCUT2D eigenvalue weighted by atomic mass is 10.2. The Hall–Kier alpha value is -1.65. The van der Waals surface area contributed by atoms with Gasteiger partial charge in [-0.05, 0) is 30.5 Å². The number of hydrogen-bond acceptors (Lipinski definition) is 2. The molecule has 1 aromatic carbocycles. The number of halogens is 2. The predicted molar refractivity (Wildman–Crippen MR) is 62.3 cm³/mol. The molecule has 1 aliphatic rings. The Labute approximate surface area is 104 Å². The SMILES string of the molecule is CN(Cc1ccc(OC(F)F)cc1)C(=O)C1CC1. The van der Waals surface area contributed by atoms with Gasteiger partial charge in [0.25, 0.3) is 0 Å². The molecule has 0 aliphatic heterocycles. The van der Waals surface area contributed by atoms with Gasteiger partial charge in [-0.15, -0.1) is 0 Å². The predicted octanol–water partition coefficient (Wildman–Crippen LogP) is 2.66. The number of ether oxygens (including phenoxy) is 1. The molecule has 1 fully saturated rings. The van der Waals surface area contributed by atoms with Crippen molar-refractivity contribution in [3.8, 4) is 5.75 Å². The van der Waals surface area contributed by atoms with Gasteiger partial charge in [0.15, 0.2) is 0 Å². The van der Waals surface area contributed by atoms with Crippen LogP contribution in [0.25, 0.3) is 0 Å². The fraction of sp³-hybridized carbons (Fsp3) is 0.462. The Morgan fingerprint density at radius 3 is 2.50 bits per heavy atom. The number of rotatable bonds is 5. The van der Waals surface area contributed by atoms with Gasteiger partial charge in [-0.3, -0.25) is 4.79 Å². The fourth-order valence-electron chi connectivity index (χ4n) is 1.77. The van der Waals surface area contributed by atoms with Crippen LogP contribution in [0.3, 0.4) is 0 Å². The molecule has 3 nitrogen and oxygen atoms in total. The van der Waals surface area contributed by atoms with Crippen LogP contribution in [0.5, 0.6) is 5.75 Å². The smallest absolute Gasteiger partial charge is 0.387 e. The van der Waals surface area contributed by atoms with Crippen molar-refractivity contribution in [1.82, 2.24) is 4.90 Å². The van der Waals surface area contributed by atoms with E-state index < -0.39 is 6.61 Å². The first-order valence-corrected chi connectivity index (χ1v) is 5.85. The molecule has 0 aromatic heterocycles. The van der Waals surface area contributed by atoms with Gasteiger partial charge >= 0.3 is 6.61 Å². The number of carbonyl (C=O) groups is 1. The van der Waals surface area contributed by atoms with Gasteiger partial charge in [0, 0.05) is 19.5 Å². The summed E-state index contributed by atoms with van der Waals surface area (Å²) in [5.41, 5.74) is 0.896. The van der Waals surface area contributed by atoms with Crippen LogP contribution in [0.1, 0.15) is 18.4 Å². The second kappa shape index (κ2) is 5.33. The van der Waals surface area contributed by atoms with E-state index in [4.69, 9.17) is 0 Å². The van der Waals surface area contributed by atoms with E-state index in [1.807, 2.05) is 0 Å². The molecule has 0 atom stereocenters. The molecule has 98 valence electrons. The molecule has 0 radical (unpaired) electrons. The minimum absolute atomic E-state index is 0.130. The van der Waals surface area contributed by atoms with Crippen LogP contribution in [0.2, 0.25) is 0 Å². The maximum atomic E-state index is 12.0. The highest BCUT2D eigenvalue weighted by molar-refractivity contribution is 5.80. The largest absolute Gasteiger partial charge is 0.435 e. The zero-order valence-corrected chi connectivity index (χ0v) is 10.1. The molecule has 0 N–H and O–H groups in total. The lowest BCUT2D eigenvalue weighted by molar-refractivity contribution is -0.131. The molecule has 0 unspecified atom stereocenters. The summed E-state index contributed by atoms with van der Waals surface area (Å²) in [6, 6.07) is 6.34. The highest BCUT2D eigenvalue weighted by Crippen LogP contribution is 2.31. The first-order chi connectivity index (χ1) is 8.56. The summed E-state index contributed by atoms with van der Waals surface area (Å²) in [6.07, 6.45) is 1.95. The minimum atomic E-state index is -2.81. The van der Waals surface area contributed by atoms with Gasteiger partial charge in [0.05, 0.1) is 0 Å². The van der Waals surface area contributed by atoms with Crippen LogP contribution >= 0.6 is 0 Å². The average Bonchev–Trinajstić information content (AvgIpc) is 3.14. The Morgan fingerprint density at radius 2 is 2.00 bits per heavy atom. The third-order valence-corrected chi connectivity index (χ3v) is 2.87. The van der Waals surface area contributed by atoms with Crippen LogP contribution in [0.4, 0.5) is 8.78 Å². The zero-order chi connectivity index (χ0) is 13.1. The molecule has 1 amide bonds. The standard InChI is InChI=1S/C13H15F2NO2/c1-16(12(17)10-4-5-10)8-9-2-6-11(7-3-9)18-13(14)15/h2-3,6-7,10,13H,4-5,8H2,1H3. The Kier molecular flexibility index (Phi) is 3.79. The molecule has 0 heterocycles. The molecule has 0 saturated heterocycles. The van der Waals surface area contributed by atoms with E-state index in [2.05, 4.69) is 4.74 Å². The van der Waals surface area contributed by atoms with E-state index >= 15 is 0 Å². The molecule has 1 aliphatic carbocycles. The second-order valence-corrected chi connectivity index (χ2v) is 4.49. The van der Waals surface area contributed by atoms with Crippen LogP contribution in [-0.2, 0) is 11.3 Å². The fourth-order valence-corrected chi connectivity index (χ4v) is 1.77. The number of amides is 1. The van der Waals surface area contributed by atoms with E-state index in [9.17, 15) is 13.6 Å². The Balaban J connectivity index is 1.90. The van der Waals surface area contributed by atoms with Crippen molar-refractivity contribution in [3.63, 3.8) is 0 Å². The van der Waals surface area contributed by atoms with E-state index in [-0.39, 0.29) is 17.6 Å². The Bertz CT molecular complexity index is 416. The number of benzene rings is 1. The van der Waals surface area contributed by atoms with Gasteiger partial charge in [0.1, 0.15) is 5.75 Å². The van der Waals surface area contributed by atoms with Crippen molar-refractivity contribution in [1.29, 1.82) is 0 Å². The van der Waals surface area contributed by atoms with Crippen molar-refractivity contribution in [3.05, 3.63) is 29.8 Å². The molecule has 5 heteroatoms. The lowest BCUT2D eigenvalue weighted by Gasteiger charge is -2.17. The number of carbonyl (C=O) groups excluding carboxylic acids is 1. The second-order valence-electron chi connectivity index (χ2n) is 4.49. The minimum Gasteiger partial charge on any atom is -0.435 e. The molecular formula is C13H15F2NO2. The van der Waals surface area contributed by atoms with Gasteiger partial charge < -0.3 is 9.64 Å². The summed E-state index contributed by atoms with van der Waals surface area (Å²) in [4.78, 5) is 13.4. The average molecular weight is 255 g/mol. The van der Waals surface area contributed by atoms with Crippen molar-refractivity contribution in [2.24, 2.45) is 5.92 Å². The summed E-state index contributed by atoms with van der Waals surface area (Å²) < 4.78 is 28.2. The normalized spacial score (nSPS) is 14.7. The molecule has 0 bridgehead atoms. The summed E-state index contributed by atoms with van der Waals surface area (Å²) in [7, 11) is 1.75. The van der Waals surface area contributed by atoms with E-state index in [0.29, 0.717) is 6.54 Å². The first kappa shape index (κ1) is 12.8. The van der Waals surface area contributed by atoms with Crippen LogP contribution in [-0.4, -0.2) is 24.5 Å². The molecule has 2 rings (SSSR count). The van der Waals surface area contributed by atoms with Crippen molar-refractivity contribution >= 4 is 5.91 Å². The maximum Gasteiger partial charge on any atom is 0.387 e. The topological polar surface area (TPSA) is 29.5 Å². The van der Waals surface area contributed by atoms with Crippen molar-refractivity contribution < 1.29 is 18.3 Å². The van der Waals surface area contributed by atoms with Gasteiger partial charge in [-0.2, -0.15) is 8.78 Å². The van der Waals surface area contributed by atoms with Crippen LogP contribution in [0.15, 0.2) is 24.3 Å². The third-order valence-electron chi connectivity index (χ3n) is 2.87. The molecular weight excluding hydrogens is 240 g/mol.